The molecule has 1 saturated heterocycles. The lowest BCUT2D eigenvalue weighted by molar-refractivity contribution is -0.131. The third-order valence-corrected chi connectivity index (χ3v) is 6.38. The molecule has 9 heteroatoms. The highest BCUT2D eigenvalue weighted by Gasteiger charge is 2.26. The average molecular weight is 382 g/mol. The molecule has 0 aliphatic carbocycles. The van der Waals surface area contributed by atoms with Gasteiger partial charge in [-0.15, -0.1) is 0 Å². The largest absolute Gasteiger partial charge is 0.340 e. The number of carbonyl (C=O) groups excluding carboxylic acids is 2. The molecule has 0 unspecified atom stereocenters. The summed E-state index contributed by atoms with van der Waals surface area (Å²) in [6, 6.07) is 5.83. The van der Waals surface area contributed by atoms with Crippen molar-refractivity contribution in [2.24, 2.45) is 0 Å². The molecule has 8 nitrogen and oxygen atoms in total. The lowest BCUT2D eigenvalue weighted by Crippen LogP contribution is -2.53. The van der Waals surface area contributed by atoms with E-state index in [2.05, 4.69) is 5.32 Å². The third-order valence-electron chi connectivity index (χ3n) is 4.57. The van der Waals surface area contributed by atoms with Gasteiger partial charge in [0.1, 0.15) is 0 Å². The number of amides is 2. The van der Waals surface area contributed by atoms with Crippen molar-refractivity contribution >= 4 is 27.5 Å². The lowest BCUT2D eigenvalue weighted by Gasteiger charge is -2.37. The minimum Gasteiger partial charge on any atom is -0.340 e. The minimum absolute atomic E-state index is 0.0423. The van der Waals surface area contributed by atoms with E-state index >= 15 is 0 Å². The van der Waals surface area contributed by atoms with Crippen molar-refractivity contribution in [3.05, 3.63) is 24.3 Å². The van der Waals surface area contributed by atoms with E-state index in [1.165, 1.54) is 26.2 Å². The van der Waals surface area contributed by atoms with Gasteiger partial charge < -0.3 is 10.2 Å². The summed E-state index contributed by atoms with van der Waals surface area (Å²) in [5.74, 6) is -0.165. The zero-order valence-corrected chi connectivity index (χ0v) is 16.4. The Bertz CT molecular complexity index is 771. The molecular weight excluding hydrogens is 356 g/mol. The standard InChI is InChI=1S/C17H26N4O4S/c1-13(20-8-10-21(11-9-20)14(2)22)17(23)18-15-6-5-7-16(12-15)26(24,25)19(3)4/h5-7,12-13H,8-11H2,1-4H3,(H,18,23)/t13-/m0/s1. The van der Waals surface area contributed by atoms with Crippen molar-refractivity contribution in [1.29, 1.82) is 0 Å². The quantitative estimate of drug-likeness (QED) is 0.798. The Hall–Kier alpha value is -1.97. The normalized spacial score (nSPS) is 17.2. The Balaban J connectivity index is 2.03. The van der Waals surface area contributed by atoms with E-state index in [0.29, 0.717) is 31.9 Å². The molecule has 2 amide bonds. The first-order valence-electron chi connectivity index (χ1n) is 8.46. The first kappa shape index (κ1) is 20.3. The summed E-state index contributed by atoms with van der Waals surface area (Å²) in [6.45, 7) is 5.80. The van der Waals surface area contributed by atoms with E-state index < -0.39 is 10.0 Å². The summed E-state index contributed by atoms with van der Waals surface area (Å²) < 4.78 is 25.5. The van der Waals surface area contributed by atoms with Crippen LogP contribution >= 0.6 is 0 Å². The Morgan fingerprint density at radius 2 is 1.77 bits per heavy atom. The van der Waals surface area contributed by atoms with Gasteiger partial charge in [0.2, 0.25) is 21.8 Å². The highest BCUT2D eigenvalue weighted by molar-refractivity contribution is 7.89. The number of anilines is 1. The number of hydrogen-bond donors (Lipinski definition) is 1. The second-order valence-electron chi connectivity index (χ2n) is 6.52. The van der Waals surface area contributed by atoms with Crippen molar-refractivity contribution in [2.45, 2.75) is 24.8 Å². The number of piperazine rings is 1. The second kappa shape index (κ2) is 8.15. The Morgan fingerprint density at radius 3 is 2.31 bits per heavy atom. The van der Waals surface area contributed by atoms with Gasteiger partial charge in [0.25, 0.3) is 0 Å². The Kier molecular flexibility index (Phi) is 6.38. The van der Waals surface area contributed by atoms with Gasteiger partial charge in [0, 0.05) is 52.9 Å². The Morgan fingerprint density at radius 1 is 1.15 bits per heavy atom. The van der Waals surface area contributed by atoms with Crippen LogP contribution in [0.15, 0.2) is 29.2 Å². The van der Waals surface area contributed by atoms with Crippen molar-refractivity contribution in [3.63, 3.8) is 0 Å². The zero-order chi connectivity index (χ0) is 19.5. The van der Waals surface area contributed by atoms with Crippen LogP contribution in [0.1, 0.15) is 13.8 Å². The maximum absolute atomic E-state index is 12.5. The fourth-order valence-electron chi connectivity index (χ4n) is 2.78. The van der Waals surface area contributed by atoms with Crippen molar-refractivity contribution in [3.8, 4) is 0 Å². The maximum Gasteiger partial charge on any atom is 0.242 e. The molecule has 26 heavy (non-hydrogen) atoms. The number of sulfonamides is 1. The summed E-state index contributed by atoms with van der Waals surface area (Å²) in [5.41, 5.74) is 0.437. The summed E-state index contributed by atoms with van der Waals surface area (Å²) in [7, 11) is -0.633. The van der Waals surface area contributed by atoms with E-state index in [-0.39, 0.29) is 22.8 Å². The van der Waals surface area contributed by atoms with Crippen LogP contribution in [0.2, 0.25) is 0 Å². The van der Waals surface area contributed by atoms with Gasteiger partial charge in [-0.2, -0.15) is 0 Å². The molecule has 0 radical (unpaired) electrons. The van der Waals surface area contributed by atoms with Crippen LogP contribution in [0.25, 0.3) is 0 Å². The monoisotopic (exact) mass is 382 g/mol. The first-order valence-corrected chi connectivity index (χ1v) is 9.90. The van der Waals surface area contributed by atoms with Gasteiger partial charge in [-0.05, 0) is 25.1 Å². The molecule has 1 N–H and O–H groups in total. The van der Waals surface area contributed by atoms with Crippen LogP contribution in [0, 0.1) is 0 Å². The number of rotatable bonds is 5. The van der Waals surface area contributed by atoms with Crippen LogP contribution in [0.3, 0.4) is 0 Å². The van der Waals surface area contributed by atoms with Gasteiger partial charge in [0.05, 0.1) is 10.9 Å². The van der Waals surface area contributed by atoms with Crippen LogP contribution < -0.4 is 5.32 Å². The number of nitrogens with one attached hydrogen (secondary N) is 1. The number of nitrogens with zero attached hydrogens (tertiary/aromatic N) is 3. The van der Waals surface area contributed by atoms with E-state index in [0.717, 1.165) is 4.31 Å². The van der Waals surface area contributed by atoms with Crippen molar-refractivity contribution in [1.82, 2.24) is 14.1 Å². The molecule has 0 spiro atoms. The fourth-order valence-corrected chi connectivity index (χ4v) is 3.73. The molecular formula is C17H26N4O4S. The predicted molar refractivity (Wildman–Crippen MR) is 99.2 cm³/mol. The highest BCUT2D eigenvalue weighted by Crippen LogP contribution is 2.18. The van der Waals surface area contributed by atoms with Gasteiger partial charge in [-0.3, -0.25) is 14.5 Å². The number of carbonyl (C=O) groups is 2. The van der Waals surface area contributed by atoms with E-state index in [1.807, 2.05) is 4.90 Å². The van der Waals surface area contributed by atoms with Crippen LogP contribution in [-0.2, 0) is 19.6 Å². The first-order chi connectivity index (χ1) is 12.1. The maximum atomic E-state index is 12.5. The molecule has 1 heterocycles. The lowest BCUT2D eigenvalue weighted by atomic mass is 10.2. The van der Waals surface area contributed by atoms with E-state index in [4.69, 9.17) is 0 Å². The molecule has 0 saturated carbocycles. The van der Waals surface area contributed by atoms with Gasteiger partial charge in [0.15, 0.2) is 0 Å². The fraction of sp³-hybridized carbons (Fsp3) is 0.529. The SMILES string of the molecule is CC(=O)N1CCN([C@@H](C)C(=O)Nc2cccc(S(=O)(=O)N(C)C)c2)CC1. The molecule has 2 rings (SSSR count). The van der Waals surface area contributed by atoms with E-state index in [1.54, 1.807) is 30.9 Å². The highest BCUT2D eigenvalue weighted by atomic mass is 32.2. The molecule has 0 aromatic heterocycles. The van der Waals surface area contributed by atoms with E-state index in [9.17, 15) is 18.0 Å². The zero-order valence-electron chi connectivity index (χ0n) is 15.6. The van der Waals surface area contributed by atoms with Crippen LogP contribution in [0.5, 0.6) is 0 Å². The summed E-state index contributed by atoms with van der Waals surface area (Å²) >= 11 is 0. The average Bonchev–Trinajstić information content (AvgIpc) is 2.61. The molecule has 1 atom stereocenters. The minimum atomic E-state index is -3.56. The third kappa shape index (κ3) is 4.60. The van der Waals surface area contributed by atoms with Crippen LogP contribution in [-0.4, -0.2) is 80.7 Å². The number of hydrogen-bond acceptors (Lipinski definition) is 5. The van der Waals surface area contributed by atoms with Gasteiger partial charge in [-0.25, -0.2) is 12.7 Å². The topological polar surface area (TPSA) is 90.0 Å². The van der Waals surface area contributed by atoms with Gasteiger partial charge in [-0.1, -0.05) is 6.07 Å². The second-order valence-corrected chi connectivity index (χ2v) is 8.67. The summed E-state index contributed by atoms with van der Waals surface area (Å²) in [5, 5.41) is 2.78. The van der Waals surface area contributed by atoms with Crippen molar-refractivity contribution < 1.29 is 18.0 Å². The Labute approximate surface area is 154 Å². The number of benzene rings is 1. The molecule has 1 aromatic rings. The molecule has 1 aliphatic rings. The van der Waals surface area contributed by atoms with Gasteiger partial charge >= 0.3 is 0 Å². The smallest absolute Gasteiger partial charge is 0.242 e. The molecule has 1 aliphatic heterocycles. The molecule has 1 aromatic carbocycles. The summed E-state index contributed by atoms with van der Waals surface area (Å²) in [4.78, 5) is 27.8. The van der Waals surface area contributed by atoms with Crippen molar-refractivity contribution in [2.75, 3.05) is 45.6 Å². The summed E-state index contributed by atoms with van der Waals surface area (Å²) in [6.07, 6.45) is 0. The van der Waals surface area contributed by atoms with Crippen LogP contribution in [0.4, 0.5) is 5.69 Å². The molecule has 144 valence electrons. The molecule has 0 bridgehead atoms. The molecule has 1 fully saturated rings. The predicted octanol–water partition coefficient (Wildman–Crippen LogP) is 0.428.